The molecule has 1 amide bonds. The predicted molar refractivity (Wildman–Crippen MR) is 65.1 cm³/mol. The zero-order valence-corrected chi connectivity index (χ0v) is 11.0. The van der Waals surface area contributed by atoms with Crippen molar-refractivity contribution in [2.24, 2.45) is 5.73 Å². The number of nitrogens with two attached hydrogens (primary N) is 1. The maximum absolute atomic E-state index is 11.3. The third-order valence-electron chi connectivity index (χ3n) is 2.21. The summed E-state index contributed by atoms with van der Waals surface area (Å²) in [6.07, 6.45) is 2.23. The highest BCUT2D eigenvalue weighted by Crippen LogP contribution is 2.36. The van der Waals surface area contributed by atoms with E-state index in [0.717, 1.165) is 22.2 Å². The lowest BCUT2D eigenvalue weighted by atomic mass is 10.2. The number of hydrogen-bond acceptors (Lipinski definition) is 3. The van der Waals surface area contributed by atoms with Gasteiger partial charge in [-0.15, -0.1) is 11.3 Å². The van der Waals surface area contributed by atoms with Crippen LogP contribution in [-0.2, 0) is 4.79 Å². The van der Waals surface area contributed by atoms with Gasteiger partial charge in [0.15, 0.2) is 0 Å². The van der Waals surface area contributed by atoms with Crippen LogP contribution in [0, 0.1) is 0 Å². The van der Waals surface area contributed by atoms with E-state index >= 15 is 0 Å². The molecular formula is C9H10BrClN2OS. The highest BCUT2D eigenvalue weighted by molar-refractivity contribution is 9.10. The maximum atomic E-state index is 11.3. The molecule has 1 aromatic heterocycles. The number of carbonyl (C=O) groups is 1. The smallest absolute Gasteiger partial charge is 0.240 e. The van der Waals surface area contributed by atoms with Crippen LogP contribution in [0.15, 0.2) is 10.5 Å². The first-order valence-electron chi connectivity index (χ1n) is 4.58. The van der Waals surface area contributed by atoms with E-state index in [2.05, 4.69) is 21.2 Å². The van der Waals surface area contributed by atoms with E-state index in [1.54, 1.807) is 0 Å². The van der Waals surface area contributed by atoms with Crippen LogP contribution in [0.5, 0.6) is 0 Å². The largest absolute Gasteiger partial charge is 0.368 e. The zero-order chi connectivity index (χ0) is 11.0. The highest BCUT2D eigenvalue weighted by Gasteiger charge is 2.29. The number of thiophene rings is 1. The summed E-state index contributed by atoms with van der Waals surface area (Å²) >= 11 is 10.6. The molecule has 6 heteroatoms. The van der Waals surface area contributed by atoms with Gasteiger partial charge >= 0.3 is 0 Å². The molecular weight excluding hydrogens is 300 g/mol. The molecule has 0 saturated heterocycles. The van der Waals surface area contributed by atoms with Gasteiger partial charge in [-0.05, 0) is 34.8 Å². The van der Waals surface area contributed by atoms with Gasteiger partial charge < -0.3 is 5.73 Å². The molecule has 0 aromatic carbocycles. The molecule has 2 rings (SSSR count). The van der Waals surface area contributed by atoms with Crippen molar-refractivity contribution in [3.8, 4) is 0 Å². The van der Waals surface area contributed by atoms with Crippen LogP contribution >= 0.6 is 38.9 Å². The zero-order valence-electron chi connectivity index (χ0n) is 7.80. The van der Waals surface area contributed by atoms with Crippen LogP contribution in [0.1, 0.15) is 23.8 Å². The van der Waals surface area contributed by atoms with E-state index in [1.807, 2.05) is 6.07 Å². The van der Waals surface area contributed by atoms with Crippen LogP contribution in [0.25, 0.3) is 0 Å². The summed E-state index contributed by atoms with van der Waals surface area (Å²) in [5.41, 5.74) is 5.35. The summed E-state index contributed by atoms with van der Waals surface area (Å²) in [4.78, 5) is 12.2. The first kappa shape index (κ1) is 11.4. The summed E-state index contributed by atoms with van der Waals surface area (Å²) in [6, 6.07) is 1.87. The van der Waals surface area contributed by atoms with Gasteiger partial charge in [-0.1, -0.05) is 11.6 Å². The molecule has 3 nitrogen and oxygen atoms in total. The molecule has 1 unspecified atom stereocenters. The van der Waals surface area contributed by atoms with Gasteiger partial charge in [-0.3, -0.25) is 10.1 Å². The van der Waals surface area contributed by atoms with E-state index in [4.69, 9.17) is 17.3 Å². The van der Waals surface area contributed by atoms with Crippen molar-refractivity contribution >= 4 is 44.8 Å². The van der Waals surface area contributed by atoms with Gasteiger partial charge in [0.1, 0.15) is 10.4 Å². The van der Waals surface area contributed by atoms with Gasteiger partial charge in [0, 0.05) is 15.4 Å². The van der Waals surface area contributed by atoms with Crippen LogP contribution < -0.4 is 11.1 Å². The van der Waals surface area contributed by atoms with Crippen LogP contribution in [0.3, 0.4) is 0 Å². The Morgan fingerprint density at radius 1 is 1.73 bits per heavy atom. The summed E-state index contributed by atoms with van der Waals surface area (Å²) in [5.74, 6) is -0.354. The SMILES string of the molecule is NC(=O)C(NC1CC1)c1cc(Br)c(Cl)s1. The van der Waals surface area contributed by atoms with Crippen molar-refractivity contribution < 1.29 is 4.79 Å². The minimum Gasteiger partial charge on any atom is -0.368 e. The van der Waals surface area contributed by atoms with Crippen molar-refractivity contribution in [1.29, 1.82) is 0 Å². The number of hydrogen-bond donors (Lipinski definition) is 2. The first-order valence-corrected chi connectivity index (χ1v) is 6.57. The van der Waals surface area contributed by atoms with E-state index in [-0.39, 0.29) is 5.91 Å². The maximum Gasteiger partial charge on any atom is 0.240 e. The number of nitrogens with one attached hydrogen (secondary N) is 1. The van der Waals surface area contributed by atoms with Crippen LogP contribution in [0.2, 0.25) is 4.34 Å². The summed E-state index contributed by atoms with van der Waals surface area (Å²) in [7, 11) is 0. The quantitative estimate of drug-likeness (QED) is 0.897. The second kappa shape index (κ2) is 4.41. The van der Waals surface area contributed by atoms with Crippen molar-refractivity contribution in [2.75, 3.05) is 0 Å². The van der Waals surface area contributed by atoms with E-state index in [0.29, 0.717) is 10.4 Å². The summed E-state index contributed by atoms with van der Waals surface area (Å²) < 4.78 is 1.46. The highest BCUT2D eigenvalue weighted by atomic mass is 79.9. The molecule has 1 aliphatic carbocycles. The van der Waals surface area contributed by atoms with Crippen molar-refractivity contribution in [2.45, 2.75) is 24.9 Å². The van der Waals surface area contributed by atoms with Gasteiger partial charge in [0.2, 0.25) is 5.91 Å². The molecule has 1 aromatic rings. The van der Waals surface area contributed by atoms with Crippen LogP contribution in [-0.4, -0.2) is 11.9 Å². The number of primary amides is 1. The Morgan fingerprint density at radius 3 is 2.80 bits per heavy atom. The molecule has 82 valence electrons. The van der Waals surface area contributed by atoms with Gasteiger partial charge in [0.05, 0.1) is 0 Å². The summed E-state index contributed by atoms with van der Waals surface area (Å²) in [6.45, 7) is 0. The number of halogens is 2. The van der Waals surface area contributed by atoms with Gasteiger partial charge in [-0.2, -0.15) is 0 Å². The van der Waals surface area contributed by atoms with E-state index in [9.17, 15) is 4.79 Å². The monoisotopic (exact) mass is 308 g/mol. The Morgan fingerprint density at radius 2 is 2.40 bits per heavy atom. The molecule has 0 bridgehead atoms. The lowest BCUT2D eigenvalue weighted by Gasteiger charge is -2.12. The number of rotatable bonds is 4. The molecule has 1 atom stereocenters. The second-order valence-electron chi connectivity index (χ2n) is 3.55. The lowest BCUT2D eigenvalue weighted by Crippen LogP contribution is -2.34. The van der Waals surface area contributed by atoms with E-state index in [1.165, 1.54) is 11.3 Å². The second-order valence-corrected chi connectivity index (χ2v) is 6.09. The standard InChI is InChI=1S/C9H10BrClN2OS/c10-5-3-6(15-8(5)11)7(9(12)14)13-4-1-2-4/h3-4,7,13H,1-2H2,(H2,12,14). The third kappa shape index (κ3) is 2.72. The molecule has 1 fully saturated rings. The topological polar surface area (TPSA) is 55.1 Å². The Kier molecular flexibility index (Phi) is 3.35. The summed E-state index contributed by atoms with van der Waals surface area (Å²) in [5, 5.41) is 3.20. The molecule has 3 N–H and O–H groups in total. The Labute approximate surface area is 105 Å². The molecule has 1 saturated carbocycles. The first-order chi connectivity index (χ1) is 7.08. The Hall–Kier alpha value is -0.100. The number of carbonyl (C=O) groups excluding carboxylic acids is 1. The molecule has 1 heterocycles. The Balaban J connectivity index is 2.18. The number of amides is 1. The molecule has 1 aliphatic rings. The fourth-order valence-electron chi connectivity index (χ4n) is 1.30. The fourth-order valence-corrected chi connectivity index (χ4v) is 3.10. The molecule has 0 spiro atoms. The van der Waals surface area contributed by atoms with E-state index < -0.39 is 6.04 Å². The van der Waals surface area contributed by atoms with Crippen molar-refractivity contribution in [3.63, 3.8) is 0 Å². The molecule has 15 heavy (non-hydrogen) atoms. The van der Waals surface area contributed by atoms with Gasteiger partial charge in [0.25, 0.3) is 0 Å². The molecule has 0 aliphatic heterocycles. The minimum absolute atomic E-state index is 0.354. The fraction of sp³-hybridized carbons (Fsp3) is 0.444. The average molecular weight is 310 g/mol. The van der Waals surface area contributed by atoms with Gasteiger partial charge in [-0.25, -0.2) is 0 Å². The lowest BCUT2D eigenvalue weighted by molar-refractivity contribution is -0.120. The molecule has 0 radical (unpaired) electrons. The van der Waals surface area contributed by atoms with Crippen LogP contribution in [0.4, 0.5) is 0 Å². The minimum atomic E-state index is -0.411. The van der Waals surface area contributed by atoms with Crippen molar-refractivity contribution in [1.82, 2.24) is 5.32 Å². The third-order valence-corrected chi connectivity index (χ3v) is 4.75. The van der Waals surface area contributed by atoms with Crippen molar-refractivity contribution in [3.05, 3.63) is 19.8 Å². The average Bonchev–Trinajstić information content (AvgIpc) is 2.91. The normalized spacial score (nSPS) is 17.7. The Bertz CT molecular complexity index is 372. The predicted octanol–water partition coefficient (Wildman–Crippen LogP) is 2.44.